The van der Waals surface area contributed by atoms with Gasteiger partial charge in [0.2, 0.25) is 0 Å². The number of hydrogen-bond acceptors (Lipinski definition) is 7. The summed E-state index contributed by atoms with van der Waals surface area (Å²) >= 11 is 0. The third kappa shape index (κ3) is 3.41. The van der Waals surface area contributed by atoms with Crippen LogP contribution in [0.3, 0.4) is 0 Å². The second kappa shape index (κ2) is 6.47. The van der Waals surface area contributed by atoms with Gasteiger partial charge in [-0.2, -0.15) is 0 Å². The van der Waals surface area contributed by atoms with Gasteiger partial charge in [0, 0.05) is 17.1 Å². The minimum Gasteiger partial charge on any atom is -0.494 e. The molecule has 2 saturated heterocycles. The third-order valence-corrected chi connectivity index (χ3v) is 5.01. The monoisotopic (exact) mass is 400 g/mol. The highest BCUT2D eigenvalue weighted by Crippen LogP contribution is 2.40. The molecule has 0 radical (unpaired) electrons. The van der Waals surface area contributed by atoms with E-state index in [1.807, 2.05) is 33.8 Å². The number of hydrogen-bond donors (Lipinski definition) is 0. The molecule has 2 fully saturated rings. The van der Waals surface area contributed by atoms with E-state index in [0.29, 0.717) is 31.1 Å². The smallest absolute Gasteiger partial charge is 0.415 e. The molecule has 0 aliphatic carbocycles. The van der Waals surface area contributed by atoms with Crippen molar-refractivity contribution < 1.29 is 23.8 Å². The molecule has 154 valence electrons. The SMILES string of the molecule is COc1cc2ncnc(C)c2cc1N1CC2(CN(C(=O)OC(C)(C)C)C2)OC1=O. The molecule has 0 atom stereocenters. The van der Waals surface area contributed by atoms with Crippen LogP contribution in [0.25, 0.3) is 10.9 Å². The average molecular weight is 400 g/mol. The van der Waals surface area contributed by atoms with E-state index >= 15 is 0 Å². The van der Waals surface area contributed by atoms with Crippen LogP contribution in [-0.2, 0) is 9.47 Å². The molecule has 0 saturated carbocycles. The standard InChI is InChI=1S/C20H24N4O5/c1-12-13-6-15(16(27-5)7-14(13)22-11-21-12)24-10-20(29-18(24)26)8-23(9-20)17(25)28-19(2,3)4/h6-7,11H,8-10H2,1-5H3. The Hall–Kier alpha value is -3.10. The third-order valence-electron chi connectivity index (χ3n) is 5.01. The maximum Gasteiger partial charge on any atom is 0.415 e. The van der Waals surface area contributed by atoms with E-state index in [1.54, 1.807) is 13.2 Å². The Bertz CT molecular complexity index is 994. The summed E-state index contributed by atoms with van der Waals surface area (Å²) in [4.78, 5) is 36.4. The molecule has 0 bridgehead atoms. The van der Waals surface area contributed by atoms with Crippen molar-refractivity contribution in [1.82, 2.24) is 14.9 Å². The number of likely N-dealkylation sites (tertiary alicyclic amines) is 1. The van der Waals surface area contributed by atoms with E-state index in [2.05, 4.69) is 9.97 Å². The Morgan fingerprint density at radius 3 is 2.59 bits per heavy atom. The van der Waals surface area contributed by atoms with Crippen molar-refractivity contribution in [2.24, 2.45) is 0 Å². The van der Waals surface area contributed by atoms with Crippen molar-refractivity contribution in [1.29, 1.82) is 0 Å². The summed E-state index contributed by atoms with van der Waals surface area (Å²) in [6.07, 6.45) is 0.616. The summed E-state index contributed by atoms with van der Waals surface area (Å²) < 4.78 is 16.5. The van der Waals surface area contributed by atoms with Gasteiger partial charge in [0.05, 0.1) is 37.9 Å². The number of rotatable bonds is 2. The zero-order valence-electron chi connectivity index (χ0n) is 17.2. The lowest BCUT2D eigenvalue weighted by Crippen LogP contribution is -2.66. The van der Waals surface area contributed by atoms with E-state index in [9.17, 15) is 9.59 Å². The van der Waals surface area contributed by atoms with Crippen molar-refractivity contribution in [2.75, 3.05) is 31.6 Å². The van der Waals surface area contributed by atoms with Gasteiger partial charge in [0.1, 0.15) is 17.7 Å². The number of fused-ring (bicyclic) bond motifs is 1. The van der Waals surface area contributed by atoms with Crippen LogP contribution in [0.4, 0.5) is 15.3 Å². The highest BCUT2D eigenvalue weighted by atomic mass is 16.6. The van der Waals surface area contributed by atoms with Gasteiger partial charge in [0.25, 0.3) is 0 Å². The van der Waals surface area contributed by atoms with Crippen molar-refractivity contribution in [3.05, 3.63) is 24.2 Å². The second-order valence-electron chi connectivity index (χ2n) is 8.47. The summed E-state index contributed by atoms with van der Waals surface area (Å²) in [6.45, 7) is 8.24. The molecule has 29 heavy (non-hydrogen) atoms. The van der Waals surface area contributed by atoms with Gasteiger partial charge in [-0.25, -0.2) is 19.6 Å². The largest absolute Gasteiger partial charge is 0.494 e. The molecule has 0 unspecified atom stereocenters. The fourth-order valence-electron chi connectivity index (χ4n) is 3.65. The summed E-state index contributed by atoms with van der Waals surface area (Å²) in [6, 6.07) is 3.62. The zero-order chi connectivity index (χ0) is 21.0. The topological polar surface area (TPSA) is 94.1 Å². The average Bonchev–Trinajstić information content (AvgIpc) is 2.96. The molecule has 3 heterocycles. The maximum atomic E-state index is 12.7. The summed E-state index contributed by atoms with van der Waals surface area (Å²) in [7, 11) is 1.55. The lowest BCUT2D eigenvalue weighted by molar-refractivity contribution is -0.0779. The maximum absolute atomic E-state index is 12.7. The number of carbonyl (C=O) groups excluding carboxylic acids is 2. The van der Waals surface area contributed by atoms with Gasteiger partial charge in [-0.15, -0.1) is 0 Å². The van der Waals surface area contributed by atoms with E-state index in [1.165, 1.54) is 16.1 Å². The molecule has 2 aliphatic rings. The quantitative estimate of drug-likeness (QED) is 0.765. The normalized spacial score (nSPS) is 18.0. The Labute approximate surface area is 168 Å². The molecule has 0 N–H and O–H groups in total. The summed E-state index contributed by atoms with van der Waals surface area (Å²) in [5.41, 5.74) is 0.823. The highest BCUT2D eigenvalue weighted by molar-refractivity contribution is 5.97. The fourth-order valence-corrected chi connectivity index (χ4v) is 3.65. The number of aryl methyl sites for hydroxylation is 1. The van der Waals surface area contributed by atoms with Crippen LogP contribution in [0.5, 0.6) is 5.75 Å². The van der Waals surface area contributed by atoms with Crippen LogP contribution in [0.15, 0.2) is 18.5 Å². The Kier molecular flexibility index (Phi) is 4.29. The Morgan fingerprint density at radius 1 is 1.21 bits per heavy atom. The molecule has 2 aliphatic heterocycles. The molecular formula is C20H24N4O5. The predicted octanol–water partition coefficient (Wildman–Crippen LogP) is 2.89. The second-order valence-corrected chi connectivity index (χ2v) is 8.47. The number of anilines is 1. The molecule has 4 rings (SSSR count). The van der Waals surface area contributed by atoms with Gasteiger partial charge in [0.15, 0.2) is 5.60 Å². The highest BCUT2D eigenvalue weighted by Gasteiger charge is 2.56. The molecule has 9 heteroatoms. The molecule has 2 aromatic rings. The van der Waals surface area contributed by atoms with Gasteiger partial charge in [-0.1, -0.05) is 0 Å². The first kappa shape index (κ1) is 19.2. The zero-order valence-corrected chi connectivity index (χ0v) is 17.2. The summed E-state index contributed by atoms with van der Waals surface area (Å²) in [5, 5.41) is 0.834. The van der Waals surface area contributed by atoms with Crippen LogP contribution in [-0.4, -0.2) is 65.0 Å². The van der Waals surface area contributed by atoms with Gasteiger partial charge in [-0.3, -0.25) is 9.80 Å². The van der Waals surface area contributed by atoms with Crippen molar-refractivity contribution >= 4 is 28.8 Å². The number of ether oxygens (including phenoxy) is 3. The van der Waals surface area contributed by atoms with Gasteiger partial charge >= 0.3 is 12.2 Å². The lowest BCUT2D eigenvalue weighted by atomic mass is 9.94. The van der Waals surface area contributed by atoms with E-state index in [0.717, 1.165) is 16.6 Å². The lowest BCUT2D eigenvalue weighted by Gasteiger charge is -2.45. The van der Waals surface area contributed by atoms with Gasteiger partial charge in [-0.05, 0) is 33.8 Å². The first-order valence-electron chi connectivity index (χ1n) is 9.39. The number of amides is 2. The van der Waals surface area contributed by atoms with Crippen LogP contribution in [0.2, 0.25) is 0 Å². The number of benzene rings is 1. The van der Waals surface area contributed by atoms with Crippen LogP contribution in [0.1, 0.15) is 26.5 Å². The molecule has 2 amide bonds. The molecule has 9 nitrogen and oxygen atoms in total. The Balaban J connectivity index is 1.57. The Morgan fingerprint density at radius 2 is 1.93 bits per heavy atom. The molecule has 1 spiro atoms. The van der Waals surface area contributed by atoms with E-state index in [4.69, 9.17) is 14.2 Å². The minimum atomic E-state index is -0.740. The number of nitrogens with zero attached hydrogens (tertiary/aromatic N) is 4. The van der Waals surface area contributed by atoms with E-state index < -0.39 is 23.4 Å². The predicted molar refractivity (Wildman–Crippen MR) is 105 cm³/mol. The molecule has 1 aromatic heterocycles. The fraction of sp³-hybridized carbons (Fsp3) is 0.500. The van der Waals surface area contributed by atoms with Crippen LogP contribution >= 0.6 is 0 Å². The summed E-state index contributed by atoms with van der Waals surface area (Å²) in [5.74, 6) is 0.521. The van der Waals surface area contributed by atoms with E-state index in [-0.39, 0.29) is 0 Å². The van der Waals surface area contributed by atoms with Gasteiger partial charge < -0.3 is 14.2 Å². The van der Waals surface area contributed by atoms with Crippen LogP contribution in [0, 0.1) is 6.92 Å². The number of aromatic nitrogens is 2. The molecular weight excluding hydrogens is 376 g/mol. The van der Waals surface area contributed by atoms with Crippen molar-refractivity contribution in [3.63, 3.8) is 0 Å². The van der Waals surface area contributed by atoms with Crippen molar-refractivity contribution in [3.8, 4) is 5.75 Å². The van der Waals surface area contributed by atoms with Crippen LogP contribution < -0.4 is 9.64 Å². The first-order valence-corrected chi connectivity index (χ1v) is 9.39. The first-order chi connectivity index (χ1) is 13.6. The number of methoxy groups -OCH3 is 1. The number of carbonyl (C=O) groups is 2. The molecule has 1 aromatic carbocycles. The van der Waals surface area contributed by atoms with Crippen molar-refractivity contribution in [2.45, 2.75) is 38.9 Å². The minimum absolute atomic E-state index is 0.294.